The van der Waals surface area contributed by atoms with Gasteiger partial charge in [0.1, 0.15) is 0 Å². The number of amides is 3. The fourth-order valence-electron chi connectivity index (χ4n) is 5.10. The van der Waals surface area contributed by atoms with Gasteiger partial charge in [0.25, 0.3) is 5.91 Å². The molecule has 36 heavy (non-hydrogen) atoms. The number of aryl methyl sites for hydroxylation is 3. The fourth-order valence-corrected chi connectivity index (χ4v) is 7.00. The second kappa shape index (κ2) is 8.86. The minimum absolute atomic E-state index is 0.117. The normalized spacial score (nSPS) is 20.2. The lowest BCUT2D eigenvalue weighted by Gasteiger charge is -2.33. The van der Waals surface area contributed by atoms with E-state index >= 15 is 0 Å². The summed E-state index contributed by atoms with van der Waals surface area (Å²) in [5.74, 6) is -0.117. The Kier molecular flexibility index (Phi) is 6.08. The maximum absolute atomic E-state index is 14.4. The maximum Gasteiger partial charge on any atom is 0.323 e. The molecule has 0 aromatic heterocycles. The minimum Gasteiger partial charge on any atom is -0.308 e. The number of carbonyl (C=O) groups is 2. The van der Waals surface area contributed by atoms with E-state index in [1.54, 1.807) is 9.80 Å². The van der Waals surface area contributed by atoms with Gasteiger partial charge in [0.05, 0.1) is 12.2 Å². The molecule has 3 amide bonds. The van der Waals surface area contributed by atoms with Crippen LogP contribution in [0.5, 0.6) is 0 Å². The molecule has 5 nitrogen and oxygen atoms in total. The Morgan fingerprint density at radius 3 is 2.47 bits per heavy atom. The summed E-state index contributed by atoms with van der Waals surface area (Å²) in [6.45, 7) is 11.1. The molecule has 7 heteroatoms. The number of benzene rings is 3. The number of thioether (sulfide) groups is 1. The molecule has 0 bridgehead atoms. The molecule has 3 aromatic carbocycles. The van der Waals surface area contributed by atoms with E-state index in [-0.39, 0.29) is 16.7 Å². The highest BCUT2D eigenvalue weighted by atomic mass is 35.5. The van der Waals surface area contributed by atoms with Crippen LogP contribution in [0.4, 0.5) is 16.2 Å². The van der Waals surface area contributed by atoms with Crippen LogP contribution in [0, 0.1) is 20.8 Å². The molecule has 1 atom stereocenters. The Morgan fingerprint density at radius 2 is 1.75 bits per heavy atom. The number of rotatable bonds is 3. The Morgan fingerprint density at radius 1 is 1.00 bits per heavy atom. The first kappa shape index (κ1) is 24.7. The molecular weight excluding hydrogens is 490 g/mol. The summed E-state index contributed by atoms with van der Waals surface area (Å²) >= 11 is 7.99. The molecule has 2 heterocycles. The van der Waals surface area contributed by atoms with Crippen LogP contribution in [0.2, 0.25) is 5.02 Å². The van der Waals surface area contributed by atoms with E-state index < -0.39 is 4.87 Å². The van der Waals surface area contributed by atoms with Crippen molar-refractivity contribution in [2.24, 2.45) is 0 Å². The smallest absolute Gasteiger partial charge is 0.308 e. The summed E-state index contributed by atoms with van der Waals surface area (Å²) in [5, 5.41) is 3.59. The molecule has 0 unspecified atom stereocenters. The first-order chi connectivity index (χ1) is 17.0. The summed E-state index contributed by atoms with van der Waals surface area (Å²) in [6, 6.07) is 19.2. The molecule has 2 aliphatic heterocycles. The molecule has 0 saturated carbocycles. The van der Waals surface area contributed by atoms with E-state index in [1.807, 2.05) is 81.4 Å². The Balaban J connectivity index is 1.59. The van der Waals surface area contributed by atoms with E-state index in [0.717, 1.165) is 33.5 Å². The van der Waals surface area contributed by atoms with Gasteiger partial charge in [-0.1, -0.05) is 41.9 Å². The molecule has 1 saturated heterocycles. The van der Waals surface area contributed by atoms with Crippen molar-refractivity contribution in [2.75, 3.05) is 16.8 Å². The Bertz CT molecular complexity index is 1390. The van der Waals surface area contributed by atoms with Gasteiger partial charge in [0.15, 0.2) is 4.87 Å². The van der Waals surface area contributed by atoms with Crippen LogP contribution in [-0.2, 0) is 16.2 Å². The number of carbonyl (C=O) groups excluding carboxylic acids is 2. The van der Waals surface area contributed by atoms with Crippen molar-refractivity contribution in [3.8, 4) is 0 Å². The van der Waals surface area contributed by atoms with Gasteiger partial charge in [-0.25, -0.2) is 4.79 Å². The van der Waals surface area contributed by atoms with Gasteiger partial charge in [-0.15, -0.1) is 11.8 Å². The Hall–Kier alpha value is -2.96. The Labute approximate surface area is 221 Å². The van der Waals surface area contributed by atoms with Gasteiger partial charge < -0.3 is 10.2 Å². The standard InChI is InChI=1S/C29H30ClN3O2S/c1-18-10-12-23(14-20(18)3)31-27(35)33-17-28(4,5)36-29(33)24-15-22(30)11-13-25(24)32(26(29)34)16-21-9-7-6-8-19(21)2/h6-15H,16-17H2,1-5H3,(H,31,35)/t29-/m1/s1. The second-order valence-electron chi connectivity index (χ2n) is 10.3. The van der Waals surface area contributed by atoms with Crippen LogP contribution in [0.25, 0.3) is 0 Å². The number of anilines is 2. The third-order valence-corrected chi connectivity index (χ3v) is 8.91. The van der Waals surface area contributed by atoms with Crippen LogP contribution >= 0.6 is 23.4 Å². The highest BCUT2D eigenvalue weighted by Crippen LogP contribution is 2.60. The molecule has 0 radical (unpaired) electrons. The van der Waals surface area contributed by atoms with Gasteiger partial charge in [0.2, 0.25) is 0 Å². The van der Waals surface area contributed by atoms with Crippen molar-refractivity contribution in [3.63, 3.8) is 0 Å². The molecule has 1 spiro atoms. The summed E-state index contributed by atoms with van der Waals surface area (Å²) < 4.78 is -0.339. The fraction of sp³-hybridized carbons (Fsp3) is 0.310. The minimum atomic E-state index is -1.20. The first-order valence-electron chi connectivity index (χ1n) is 12.0. The lowest BCUT2D eigenvalue weighted by molar-refractivity contribution is -0.123. The van der Waals surface area contributed by atoms with Gasteiger partial charge in [-0.05, 0) is 87.2 Å². The number of halogens is 1. The number of nitrogens with zero attached hydrogens (tertiary/aromatic N) is 2. The summed E-state index contributed by atoms with van der Waals surface area (Å²) in [6.07, 6.45) is 0. The summed E-state index contributed by atoms with van der Waals surface area (Å²) in [5.41, 5.74) is 6.70. The SMILES string of the molecule is Cc1ccc(NC(=O)N2CC(C)(C)S[C@]23C(=O)N(Cc2ccccc2C)c2ccc(Cl)cc23)cc1C. The van der Waals surface area contributed by atoms with E-state index in [4.69, 9.17) is 11.6 Å². The van der Waals surface area contributed by atoms with Crippen molar-refractivity contribution >= 4 is 46.7 Å². The zero-order valence-electron chi connectivity index (χ0n) is 21.2. The van der Waals surface area contributed by atoms with Gasteiger partial charge >= 0.3 is 6.03 Å². The predicted octanol–water partition coefficient (Wildman–Crippen LogP) is 7.02. The van der Waals surface area contributed by atoms with Crippen LogP contribution in [0.1, 0.15) is 41.7 Å². The van der Waals surface area contributed by atoms with Crippen molar-refractivity contribution in [1.82, 2.24) is 4.90 Å². The van der Waals surface area contributed by atoms with Gasteiger partial charge in [-0.2, -0.15) is 0 Å². The highest BCUT2D eigenvalue weighted by Gasteiger charge is 2.63. The quantitative estimate of drug-likeness (QED) is 0.404. The number of urea groups is 1. The van der Waals surface area contributed by atoms with E-state index in [2.05, 4.69) is 19.2 Å². The molecule has 3 aromatic rings. The van der Waals surface area contributed by atoms with Crippen molar-refractivity contribution in [2.45, 2.75) is 50.8 Å². The number of nitrogens with one attached hydrogen (secondary N) is 1. The van der Waals surface area contributed by atoms with Crippen molar-refractivity contribution < 1.29 is 9.59 Å². The lowest BCUT2D eigenvalue weighted by atomic mass is 10.0. The molecule has 2 aliphatic rings. The van der Waals surface area contributed by atoms with Crippen LogP contribution in [-0.4, -0.2) is 28.1 Å². The molecular formula is C29H30ClN3O2S. The van der Waals surface area contributed by atoms with E-state index in [1.165, 1.54) is 11.8 Å². The zero-order chi connectivity index (χ0) is 25.8. The monoisotopic (exact) mass is 519 g/mol. The van der Waals surface area contributed by atoms with Crippen LogP contribution < -0.4 is 10.2 Å². The third kappa shape index (κ3) is 4.06. The van der Waals surface area contributed by atoms with Crippen molar-refractivity contribution in [3.05, 3.63) is 93.5 Å². The zero-order valence-corrected chi connectivity index (χ0v) is 22.8. The number of fused-ring (bicyclic) bond motifs is 2. The maximum atomic E-state index is 14.4. The third-order valence-electron chi connectivity index (χ3n) is 7.09. The molecule has 1 fully saturated rings. The number of hydrogen-bond acceptors (Lipinski definition) is 3. The van der Waals surface area contributed by atoms with Crippen LogP contribution in [0.15, 0.2) is 60.7 Å². The highest BCUT2D eigenvalue weighted by molar-refractivity contribution is 8.02. The topological polar surface area (TPSA) is 52.7 Å². The van der Waals surface area contributed by atoms with Crippen LogP contribution in [0.3, 0.4) is 0 Å². The predicted molar refractivity (Wildman–Crippen MR) is 149 cm³/mol. The second-order valence-corrected chi connectivity index (χ2v) is 12.6. The van der Waals surface area contributed by atoms with E-state index in [0.29, 0.717) is 23.8 Å². The largest absolute Gasteiger partial charge is 0.323 e. The van der Waals surface area contributed by atoms with E-state index in [9.17, 15) is 9.59 Å². The molecule has 0 aliphatic carbocycles. The first-order valence-corrected chi connectivity index (χ1v) is 13.2. The lowest BCUT2D eigenvalue weighted by Crippen LogP contribution is -2.51. The molecule has 5 rings (SSSR count). The average molecular weight is 520 g/mol. The average Bonchev–Trinajstić information content (AvgIpc) is 3.23. The van der Waals surface area contributed by atoms with Gasteiger partial charge in [-0.3, -0.25) is 9.69 Å². The molecule has 1 N–H and O–H groups in total. The number of hydrogen-bond donors (Lipinski definition) is 1. The summed E-state index contributed by atoms with van der Waals surface area (Å²) in [7, 11) is 0. The van der Waals surface area contributed by atoms with Gasteiger partial charge in [0, 0.05) is 27.6 Å². The summed E-state index contributed by atoms with van der Waals surface area (Å²) in [4.78, 5) is 30.5. The van der Waals surface area contributed by atoms with Crippen molar-refractivity contribution in [1.29, 1.82) is 0 Å². The molecule has 186 valence electrons.